The van der Waals surface area contributed by atoms with Crippen molar-refractivity contribution in [3.05, 3.63) is 49.6 Å². The van der Waals surface area contributed by atoms with Crippen molar-refractivity contribution < 1.29 is 24.2 Å². The molecule has 0 radical (unpaired) electrons. The topological polar surface area (TPSA) is 118 Å². The van der Waals surface area contributed by atoms with E-state index < -0.39 is 28.6 Å². The number of unbranched alkanes of at least 4 members (excludes halogenated alkanes) is 1. The number of carbonyl (C=O) groups excluding carboxylic acids is 3. The maximum absolute atomic E-state index is 14.4. The first-order valence-corrected chi connectivity index (χ1v) is 13.9. The number of aliphatic hydroxyl groups is 1. The van der Waals surface area contributed by atoms with Crippen molar-refractivity contribution in [3.8, 4) is 0 Å². The van der Waals surface area contributed by atoms with Gasteiger partial charge in [-0.3, -0.25) is 14.4 Å². The number of fused-ring (bicyclic) bond motifs is 2. The molecular formula is C27H33N5O5S. The Morgan fingerprint density at radius 2 is 2.08 bits per heavy atom. The highest BCUT2D eigenvalue weighted by Gasteiger charge is 2.74. The van der Waals surface area contributed by atoms with Gasteiger partial charge in [0.25, 0.3) is 0 Å². The number of hydrogen-bond donors (Lipinski definition) is 1. The largest absolute Gasteiger partial charge is 0.461 e. The van der Waals surface area contributed by atoms with E-state index in [-0.39, 0.29) is 43.5 Å². The van der Waals surface area contributed by atoms with Crippen LogP contribution in [-0.2, 0) is 25.8 Å². The Balaban J connectivity index is 1.49. The molecule has 11 heteroatoms. The van der Waals surface area contributed by atoms with Crippen LogP contribution in [0, 0.1) is 11.8 Å². The number of para-hydroxylation sites is 1. The van der Waals surface area contributed by atoms with Crippen molar-refractivity contribution in [2.24, 2.45) is 11.8 Å². The number of esters is 1. The van der Waals surface area contributed by atoms with Crippen molar-refractivity contribution in [2.75, 3.05) is 26.3 Å². The molecule has 0 saturated carbocycles. The minimum Gasteiger partial charge on any atom is -0.461 e. The number of thioether (sulfide) groups is 1. The van der Waals surface area contributed by atoms with Crippen LogP contribution in [0.25, 0.3) is 11.0 Å². The Kier molecular flexibility index (Phi) is 7.58. The van der Waals surface area contributed by atoms with Crippen LogP contribution >= 0.6 is 11.8 Å². The van der Waals surface area contributed by atoms with Crippen LogP contribution < -0.4 is 0 Å². The summed E-state index contributed by atoms with van der Waals surface area (Å²) < 4.78 is 6.37. The molecule has 1 spiro atoms. The van der Waals surface area contributed by atoms with Gasteiger partial charge in [-0.2, -0.15) is 0 Å². The Labute approximate surface area is 225 Å². The molecule has 4 heterocycles. The fraction of sp³-hybridized carbons (Fsp3) is 0.519. The summed E-state index contributed by atoms with van der Waals surface area (Å²) in [5.74, 6) is -1.99. The van der Waals surface area contributed by atoms with Gasteiger partial charge in [0.05, 0.1) is 22.1 Å². The molecule has 10 nitrogen and oxygen atoms in total. The average molecular weight is 540 g/mol. The summed E-state index contributed by atoms with van der Waals surface area (Å²) in [5, 5.41) is 17.7. The summed E-state index contributed by atoms with van der Waals surface area (Å²) >= 11 is 1.60. The standard InChI is InChI=1S/C27H33N5O5S/c1-3-13-30(17-32-19-10-6-5-9-18(19)28-29-32)25(35)23-27-12-11-20(38-27)21(26(36)37-16-4-2)22(27)24(34)31(23)14-7-8-15-33/h3-6,9-10,20-23,33H,1-2,7-8,11-17H2/t20-,21+,22+,23?,27?/m1/s1. The van der Waals surface area contributed by atoms with Crippen molar-refractivity contribution in [3.63, 3.8) is 0 Å². The van der Waals surface area contributed by atoms with E-state index >= 15 is 0 Å². The SMILES string of the molecule is C=CCOC(=O)[C@@H]1[C@H]2C(=O)N(CCCCO)C(C(=O)N(CC=C)Cn3nnc4ccccc43)C23CC[C@H]1S3. The van der Waals surface area contributed by atoms with Gasteiger partial charge in [-0.05, 0) is 37.8 Å². The van der Waals surface area contributed by atoms with Crippen molar-refractivity contribution >= 4 is 40.6 Å². The number of benzene rings is 1. The molecule has 3 aliphatic heterocycles. The third kappa shape index (κ3) is 4.31. The summed E-state index contributed by atoms with van der Waals surface area (Å²) in [5.41, 5.74) is 1.53. The summed E-state index contributed by atoms with van der Waals surface area (Å²) in [6, 6.07) is 6.80. The molecular weight excluding hydrogens is 506 g/mol. The lowest BCUT2D eigenvalue weighted by Crippen LogP contribution is -2.55. The van der Waals surface area contributed by atoms with E-state index in [0.717, 1.165) is 17.5 Å². The van der Waals surface area contributed by atoms with Gasteiger partial charge in [0.2, 0.25) is 11.8 Å². The number of hydrogen-bond acceptors (Lipinski definition) is 8. The Morgan fingerprint density at radius 3 is 2.84 bits per heavy atom. The molecule has 2 aromatic rings. The highest BCUT2D eigenvalue weighted by Crippen LogP contribution is 2.66. The molecule has 1 aromatic heterocycles. The van der Waals surface area contributed by atoms with Crippen LogP contribution in [-0.4, -0.2) is 90.0 Å². The number of rotatable bonds is 12. The zero-order chi connectivity index (χ0) is 26.9. The molecule has 202 valence electrons. The fourth-order valence-electron chi connectivity index (χ4n) is 6.30. The Morgan fingerprint density at radius 1 is 1.26 bits per heavy atom. The van der Waals surface area contributed by atoms with Crippen LogP contribution in [0.1, 0.15) is 25.7 Å². The van der Waals surface area contributed by atoms with Gasteiger partial charge in [-0.1, -0.05) is 36.1 Å². The van der Waals surface area contributed by atoms with Crippen molar-refractivity contribution in [1.29, 1.82) is 0 Å². The maximum Gasteiger partial charge on any atom is 0.311 e. The first-order chi connectivity index (χ1) is 18.5. The molecule has 1 N–H and O–H groups in total. The summed E-state index contributed by atoms with van der Waals surface area (Å²) in [4.78, 5) is 44.7. The van der Waals surface area contributed by atoms with Gasteiger partial charge in [-0.25, -0.2) is 4.68 Å². The summed E-state index contributed by atoms with van der Waals surface area (Å²) in [6.45, 7) is 8.31. The summed E-state index contributed by atoms with van der Waals surface area (Å²) in [6.07, 6.45) is 5.66. The lowest BCUT2D eigenvalue weighted by molar-refractivity contribution is -0.153. The van der Waals surface area contributed by atoms with Crippen molar-refractivity contribution in [1.82, 2.24) is 24.8 Å². The van der Waals surface area contributed by atoms with Gasteiger partial charge in [-0.15, -0.1) is 23.4 Å². The molecule has 0 aliphatic carbocycles. The molecule has 3 aliphatic rings. The number of ether oxygens (including phenoxy) is 1. The first-order valence-electron chi connectivity index (χ1n) is 13.0. The minimum atomic E-state index is -0.736. The van der Waals surface area contributed by atoms with Gasteiger partial charge >= 0.3 is 5.97 Å². The van der Waals surface area contributed by atoms with Gasteiger partial charge in [0, 0.05) is 24.9 Å². The van der Waals surface area contributed by atoms with E-state index in [1.54, 1.807) is 32.3 Å². The normalized spacial score (nSPS) is 27.5. The predicted molar refractivity (Wildman–Crippen MR) is 143 cm³/mol. The highest BCUT2D eigenvalue weighted by molar-refractivity contribution is 8.02. The van der Waals surface area contributed by atoms with Crippen LogP contribution in [0.4, 0.5) is 0 Å². The monoisotopic (exact) mass is 539 g/mol. The minimum absolute atomic E-state index is 0.00447. The highest BCUT2D eigenvalue weighted by atomic mass is 32.2. The second-order valence-corrected chi connectivity index (χ2v) is 11.6. The molecule has 2 amide bonds. The third-order valence-electron chi connectivity index (χ3n) is 7.84. The lowest BCUT2D eigenvalue weighted by Gasteiger charge is -2.37. The average Bonchev–Trinajstić information content (AvgIpc) is 3.67. The van der Waals surface area contributed by atoms with Gasteiger partial charge in [0.15, 0.2) is 0 Å². The van der Waals surface area contributed by atoms with E-state index in [1.165, 1.54) is 6.08 Å². The quantitative estimate of drug-likeness (QED) is 0.247. The van der Waals surface area contributed by atoms with E-state index in [9.17, 15) is 19.5 Å². The molecule has 1 aromatic carbocycles. The van der Waals surface area contributed by atoms with Crippen LogP contribution in [0.15, 0.2) is 49.6 Å². The molecule has 38 heavy (non-hydrogen) atoms. The van der Waals surface area contributed by atoms with Crippen LogP contribution in [0.3, 0.4) is 0 Å². The van der Waals surface area contributed by atoms with Crippen LogP contribution in [0.2, 0.25) is 0 Å². The third-order valence-corrected chi connectivity index (χ3v) is 9.79. The van der Waals surface area contributed by atoms with Crippen molar-refractivity contribution in [2.45, 2.75) is 48.4 Å². The molecule has 2 bridgehead atoms. The van der Waals surface area contributed by atoms with Gasteiger partial charge < -0.3 is 19.6 Å². The van der Waals surface area contributed by atoms with Gasteiger partial charge in [0.1, 0.15) is 24.8 Å². The number of amides is 2. The molecule has 3 fully saturated rings. The molecule has 2 unspecified atom stereocenters. The second-order valence-electron chi connectivity index (χ2n) is 10.0. The first kappa shape index (κ1) is 26.4. The van der Waals surface area contributed by atoms with E-state index in [2.05, 4.69) is 23.5 Å². The van der Waals surface area contributed by atoms with E-state index in [4.69, 9.17) is 4.74 Å². The zero-order valence-electron chi connectivity index (χ0n) is 21.3. The van der Waals surface area contributed by atoms with E-state index in [1.807, 2.05) is 24.3 Å². The molecule has 3 saturated heterocycles. The number of likely N-dealkylation sites (tertiary alicyclic amines) is 1. The summed E-state index contributed by atoms with van der Waals surface area (Å²) in [7, 11) is 0. The Hall–Kier alpha value is -3.18. The Bertz CT molecular complexity index is 1250. The maximum atomic E-state index is 14.4. The number of nitrogens with zero attached hydrogens (tertiary/aromatic N) is 5. The molecule has 5 rings (SSSR count). The lowest BCUT2D eigenvalue weighted by atomic mass is 9.71. The smallest absolute Gasteiger partial charge is 0.311 e. The number of aliphatic hydroxyl groups excluding tert-OH is 1. The molecule has 5 atom stereocenters. The van der Waals surface area contributed by atoms with E-state index in [0.29, 0.717) is 25.8 Å². The number of carbonyl (C=O) groups is 3. The predicted octanol–water partition coefficient (Wildman–Crippen LogP) is 2.00. The zero-order valence-corrected chi connectivity index (χ0v) is 22.1. The van der Waals surface area contributed by atoms with Crippen LogP contribution in [0.5, 0.6) is 0 Å². The second kappa shape index (κ2) is 10.9. The number of aromatic nitrogens is 3. The fourth-order valence-corrected chi connectivity index (χ4v) is 8.50.